The van der Waals surface area contributed by atoms with Crippen LogP contribution >= 0.6 is 11.6 Å². The summed E-state index contributed by atoms with van der Waals surface area (Å²) in [5.74, 6) is 0.505. The van der Waals surface area contributed by atoms with Crippen molar-refractivity contribution in [3.8, 4) is 0 Å². The molecule has 0 bridgehead atoms. The molecule has 1 aromatic rings. The van der Waals surface area contributed by atoms with Gasteiger partial charge in [0.05, 0.1) is 0 Å². The third kappa shape index (κ3) is 2.69. The Kier molecular flexibility index (Phi) is 2.91. The van der Waals surface area contributed by atoms with Gasteiger partial charge in [0, 0.05) is 6.04 Å². The summed E-state index contributed by atoms with van der Waals surface area (Å²) in [7, 11) is 0. The van der Waals surface area contributed by atoms with Crippen molar-refractivity contribution in [2.24, 2.45) is 5.92 Å². The smallest absolute Gasteiger partial charge is 0.270 e. The molecule has 1 fully saturated rings. The fourth-order valence-corrected chi connectivity index (χ4v) is 1.69. The Morgan fingerprint density at radius 3 is 2.93 bits per heavy atom. The number of hydrogen-bond acceptors (Lipinski definition) is 2. The van der Waals surface area contributed by atoms with E-state index < -0.39 is 0 Å². The van der Waals surface area contributed by atoms with Crippen LogP contribution in [0, 0.1) is 5.92 Å². The summed E-state index contributed by atoms with van der Waals surface area (Å²) in [6, 6.07) is 5.29. The molecule has 0 saturated heterocycles. The minimum absolute atomic E-state index is 0.142. The maximum atomic E-state index is 11.7. The average molecular weight is 225 g/mol. The largest absolute Gasteiger partial charge is 0.348 e. The number of amides is 1. The van der Waals surface area contributed by atoms with Crippen LogP contribution in [0.4, 0.5) is 0 Å². The number of hydrogen-bond donors (Lipinski definition) is 1. The van der Waals surface area contributed by atoms with Gasteiger partial charge in [0.2, 0.25) is 0 Å². The summed E-state index contributed by atoms with van der Waals surface area (Å²) >= 11 is 5.71. The number of nitrogens with one attached hydrogen (secondary N) is 1. The van der Waals surface area contributed by atoms with E-state index in [4.69, 9.17) is 11.6 Å². The second-order valence-corrected chi connectivity index (χ2v) is 4.33. The minimum atomic E-state index is -0.142. The lowest BCUT2D eigenvalue weighted by molar-refractivity contribution is 0.0931. The van der Waals surface area contributed by atoms with Crippen molar-refractivity contribution in [3.05, 3.63) is 29.0 Å². The number of nitrogens with zero attached hydrogens (tertiary/aromatic N) is 1. The Morgan fingerprint density at radius 2 is 2.33 bits per heavy atom. The van der Waals surface area contributed by atoms with Crippen molar-refractivity contribution < 1.29 is 4.79 Å². The predicted molar refractivity (Wildman–Crippen MR) is 58.9 cm³/mol. The summed E-state index contributed by atoms with van der Waals surface area (Å²) in [4.78, 5) is 15.7. The van der Waals surface area contributed by atoms with Gasteiger partial charge in [-0.25, -0.2) is 4.98 Å². The molecular weight excluding hydrogens is 212 g/mol. The lowest BCUT2D eigenvalue weighted by Gasteiger charge is -2.11. The van der Waals surface area contributed by atoms with Gasteiger partial charge in [0.15, 0.2) is 0 Å². The number of halogens is 1. The van der Waals surface area contributed by atoms with Gasteiger partial charge < -0.3 is 5.32 Å². The third-order valence-corrected chi connectivity index (χ3v) is 2.85. The Bertz CT molecular complexity index is 377. The topological polar surface area (TPSA) is 42.0 Å². The van der Waals surface area contributed by atoms with E-state index >= 15 is 0 Å². The number of pyridine rings is 1. The fraction of sp³-hybridized carbons (Fsp3) is 0.455. The highest BCUT2D eigenvalue weighted by molar-refractivity contribution is 6.29. The Labute approximate surface area is 93.8 Å². The van der Waals surface area contributed by atoms with Gasteiger partial charge in [-0.05, 0) is 37.8 Å². The van der Waals surface area contributed by atoms with Crippen LogP contribution < -0.4 is 5.32 Å². The maximum absolute atomic E-state index is 11.7. The maximum Gasteiger partial charge on any atom is 0.270 e. The molecule has 1 amide bonds. The Hall–Kier alpha value is -1.09. The van der Waals surface area contributed by atoms with E-state index in [1.54, 1.807) is 18.2 Å². The van der Waals surface area contributed by atoms with E-state index in [-0.39, 0.29) is 11.9 Å². The molecule has 0 aromatic carbocycles. The van der Waals surface area contributed by atoms with Gasteiger partial charge in [-0.3, -0.25) is 4.79 Å². The molecule has 4 heteroatoms. The first-order valence-corrected chi connectivity index (χ1v) is 5.48. The SMILES string of the molecule is CC(NC(=O)c1cccc(Cl)n1)C1CC1. The molecule has 2 rings (SSSR count). The second kappa shape index (κ2) is 4.19. The molecule has 1 aliphatic rings. The molecule has 80 valence electrons. The summed E-state index contributed by atoms with van der Waals surface area (Å²) in [5, 5.41) is 3.27. The summed E-state index contributed by atoms with van der Waals surface area (Å²) in [5.41, 5.74) is 0.384. The van der Waals surface area contributed by atoms with Crippen molar-refractivity contribution in [1.29, 1.82) is 0 Å². The molecule has 0 aliphatic heterocycles. The molecular formula is C11H13ClN2O. The van der Waals surface area contributed by atoms with Gasteiger partial charge in [-0.2, -0.15) is 0 Å². The summed E-state index contributed by atoms with van der Waals surface area (Å²) < 4.78 is 0. The highest BCUT2D eigenvalue weighted by Gasteiger charge is 2.29. The van der Waals surface area contributed by atoms with Crippen LogP contribution in [0.15, 0.2) is 18.2 Å². The van der Waals surface area contributed by atoms with Gasteiger partial charge in [0.1, 0.15) is 10.8 Å². The van der Waals surface area contributed by atoms with E-state index in [0.29, 0.717) is 16.8 Å². The van der Waals surface area contributed by atoms with Gasteiger partial charge in [0.25, 0.3) is 5.91 Å². The quantitative estimate of drug-likeness (QED) is 0.801. The number of carbonyl (C=O) groups is 1. The van der Waals surface area contributed by atoms with Crippen molar-refractivity contribution >= 4 is 17.5 Å². The normalized spacial score (nSPS) is 17.2. The first kappa shape index (κ1) is 10.4. The molecule has 1 aliphatic carbocycles. The van der Waals surface area contributed by atoms with E-state index in [0.717, 1.165) is 0 Å². The predicted octanol–water partition coefficient (Wildman–Crippen LogP) is 2.26. The number of aromatic nitrogens is 1. The van der Waals surface area contributed by atoms with Crippen molar-refractivity contribution in [2.75, 3.05) is 0 Å². The minimum Gasteiger partial charge on any atom is -0.348 e. The van der Waals surface area contributed by atoms with E-state index in [1.165, 1.54) is 12.8 Å². The molecule has 1 N–H and O–H groups in total. The molecule has 1 heterocycles. The lowest BCUT2D eigenvalue weighted by atomic mass is 10.2. The molecule has 15 heavy (non-hydrogen) atoms. The Balaban J connectivity index is 2.00. The molecule has 0 spiro atoms. The zero-order valence-electron chi connectivity index (χ0n) is 8.53. The van der Waals surface area contributed by atoms with Crippen LogP contribution in [-0.2, 0) is 0 Å². The molecule has 1 unspecified atom stereocenters. The Morgan fingerprint density at radius 1 is 1.60 bits per heavy atom. The first-order chi connectivity index (χ1) is 7.16. The molecule has 0 radical (unpaired) electrons. The molecule has 1 atom stereocenters. The standard InChI is InChI=1S/C11H13ClN2O/c1-7(8-5-6-8)13-11(15)9-3-2-4-10(12)14-9/h2-4,7-8H,5-6H2,1H3,(H,13,15). The van der Waals surface area contributed by atoms with Crippen LogP contribution in [-0.4, -0.2) is 16.9 Å². The van der Waals surface area contributed by atoms with E-state index in [1.807, 2.05) is 6.92 Å². The fourth-order valence-electron chi connectivity index (χ4n) is 1.53. The zero-order chi connectivity index (χ0) is 10.8. The van der Waals surface area contributed by atoms with Crippen LogP contribution in [0.25, 0.3) is 0 Å². The lowest BCUT2D eigenvalue weighted by Crippen LogP contribution is -2.34. The molecule has 1 saturated carbocycles. The highest BCUT2D eigenvalue weighted by atomic mass is 35.5. The van der Waals surface area contributed by atoms with Crippen LogP contribution in [0.1, 0.15) is 30.3 Å². The summed E-state index contributed by atoms with van der Waals surface area (Å²) in [6.45, 7) is 2.03. The van der Waals surface area contributed by atoms with Crippen LogP contribution in [0.3, 0.4) is 0 Å². The third-order valence-electron chi connectivity index (χ3n) is 2.64. The zero-order valence-corrected chi connectivity index (χ0v) is 9.29. The first-order valence-electron chi connectivity index (χ1n) is 5.10. The van der Waals surface area contributed by atoms with Crippen LogP contribution in [0.2, 0.25) is 5.15 Å². The van der Waals surface area contributed by atoms with Gasteiger partial charge >= 0.3 is 0 Å². The van der Waals surface area contributed by atoms with Crippen molar-refractivity contribution in [1.82, 2.24) is 10.3 Å². The van der Waals surface area contributed by atoms with Crippen molar-refractivity contribution in [2.45, 2.75) is 25.8 Å². The molecule has 1 aromatic heterocycles. The number of rotatable bonds is 3. The van der Waals surface area contributed by atoms with Gasteiger partial charge in [-0.1, -0.05) is 17.7 Å². The average Bonchev–Trinajstić information content (AvgIpc) is 3.00. The molecule has 3 nitrogen and oxygen atoms in total. The van der Waals surface area contributed by atoms with Crippen LogP contribution in [0.5, 0.6) is 0 Å². The van der Waals surface area contributed by atoms with E-state index in [9.17, 15) is 4.79 Å². The van der Waals surface area contributed by atoms with Gasteiger partial charge in [-0.15, -0.1) is 0 Å². The monoisotopic (exact) mass is 224 g/mol. The summed E-state index contributed by atoms with van der Waals surface area (Å²) in [6.07, 6.45) is 2.43. The van der Waals surface area contributed by atoms with E-state index in [2.05, 4.69) is 10.3 Å². The second-order valence-electron chi connectivity index (χ2n) is 3.95. The van der Waals surface area contributed by atoms with Crippen molar-refractivity contribution in [3.63, 3.8) is 0 Å². The highest BCUT2D eigenvalue weighted by Crippen LogP contribution is 2.32. The number of carbonyl (C=O) groups excluding carboxylic acids is 1.